The molecule has 2 rings (SSSR count). The smallest absolute Gasteiger partial charge is 0.282 e. The van der Waals surface area contributed by atoms with Crippen LogP contribution in [0.4, 0.5) is 0 Å². The predicted octanol–water partition coefficient (Wildman–Crippen LogP) is 1.89. The van der Waals surface area contributed by atoms with Crippen LogP contribution in [-0.2, 0) is 16.7 Å². The van der Waals surface area contributed by atoms with E-state index in [1.54, 1.807) is 12.1 Å². The molecule has 108 valence electrons. The molecule has 0 saturated heterocycles. The lowest BCUT2D eigenvalue weighted by molar-refractivity contribution is 0.483. The van der Waals surface area contributed by atoms with Crippen LogP contribution in [0.1, 0.15) is 11.1 Å². The molecule has 6 heteroatoms. The third kappa shape index (κ3) is 5.94. The Labute approximate surface area is 119 Å². The summed E-state index contributed by atoms with van der Waals surface area (Å²) in [6, 6.07) is 16.0. The molecule has 0 unspecified atom stereocenters. The zero-order valence-electron chi connectivity index (χ0n) is 11.2. The van der Waals surface area contributed by atoms with E-state index in [4.69, 9.17) is 10.4 Å². The maximum atomic E-state index is 10.5. The summed E-state index contributed by atoms with van der Waals surface area (Å²) in [6.07, 6.45) is 0. The van der Waals surface area contributed by atoms with Crippen LogP contribution in [0.15, 0.2) is 59.5 Å². The number of rotatable bonds is 3. The number of nitrogens with one attached hydrogen (secondary N) is 1. The quantitative estimate of drug-likeness (QED) is 0.457. The van der Waals surface area contributed by atoms with E-state index in [0.717, 1.165) is 12.1 Å². The van der Waals surface area contributed by atoms with Gasteiger partial charge in [0.1, 0.15) is 0 Å². The van der Waals surface area contributed by atoms with Gasteiger partial charge < -0.3 is 0 Å². The standard InChI is InChI=1S/C7H10N2.C7H8O3S/c8-9-6-7-4-2-1-3-5-7;1-6-2-4-7(5-3-6)11(8,9)10/h1-5,9H,6,8H2;2-5H,1H3,(H,8,9,10). The summed E-state index contributed by atoms with van der Waals surface area (Å²) < 4.78 is 29.6. The van der Waals surface area contributed by atoms with Crippen molar-refractivity contribution in [2.24, 2.45) is 5.84 Å². The van der Waals surface area contributed by atoms with Crippen molar-refractivity contribution >= 4 is 10.1 Å². The molecule has 0 fully saturated rings. The fraction of sp³-hybridized carbons (Fsp3) is 0.143. The van der Waals surface area contributed by atoms with Gasteiger partial charge in [0.25, 0.3) is 10.1 Å². The van der Waals surface area contributed by atoms with Crippen molar-refractivity contribution in [3.63, 3.8) is 0 Å². The van der Waals surface area contributed by atoms with Gasteiger partial charge in [0.2, 0.25) is 0 Å². The van der Waals surface area contributed by atoms with Gasteiger partial charge in [0.05, 0.1) is 4.90 Å². The van der Waals surface area contributed by atoms with E-state index in [2.05, 4.69) is 5.43 Å². The first-order valence-electron chi connectivity index (χ1n) is 5.95. The van der Waals surface area contributed by atoms with E-state index in [-0.39, 0.29) is 4.90 Å². The van der Waals surface area contributed by atoms with E-state index in [1.807, 2.05) is 37.3 Å². The molecular weight excluding hydrogens is 276 g/mol. The highest BCUT2D eigenvalue weighted by molar-refractivity contribution is 7.85. The Morgan fingerprint density at radius 1 is 1.05 bits per heavy atom. The van der Waals surface area contributed by atoms with Crippen molar-refractivity contribution in [3.05, 3.63) is 65.7 Å². The molecule has 0 aliphatic carbocycles. The maximum absolute atomic E-state index is 10.5. The van der Waals surface area contributed by atoms with Crippen LogP contribution in [0.2, 0.25) is 0 Å². The molecule has 0 atom stereocenters. The second-order valence-electron chi connectivity index (χ2n) is 4.15. The largest absolute Gasteiger partial charge is 0.294 e. The first kappa shape index (κ1) is 16.3. The summed E-state index contributed by atoms with van der Waals surface area (Å²) in [4.78, 5) is -0.0666. The van der Waals surface area contributed by atoms with Gasteiger partial charge in [-0.15, -0.1) is 0 Å². The van der Waals surface area contributed by atoms with Crippen molar-refractivity contribution in [1.82, 2.24) is 5.43 Å². The third-order valence-corrected chi connectivity index (χ3v) is 3.34. The molecule has 0 saturated carbocycles. The Hall–Kier alpha value is -1.73. The van der Waals surface area contributed by atoms with Gasteiger partial charge in [-0.2, -0.15) is 8.42 Å². The summed E-state index contributed by atoms with van der Waals surface area (Å²) in [5.74, 6) is 5.11. The van der Waals surface area contributed by atoms with E-state index in [0.29, 0.717) is 0 Å². The summed E-state index contributed by atoms with van der Waals surface area (Å²) in [5.41, 5.74) is 4.75. The number of benzene rings is 2. The summed E-state index contributed by atoms with van der Waals surface area (Å²) in [6.45, 7) is 2.58. The average molecular weight is 294 g/mol. The van der Waals surface area contributed by atoms with Crippen molar-refractivity contribution < 1.29 is 13.0 Å². The average Bonchev–Trinajstić information content (AvgIpc) is 2.40. The molecule has 0 radical (unpaired) electrons. The Morgan fingerprint density at radius 3 is 2.05 bits per heavy atom. The summed E-state index contributed by atoms with van der Waals surface area (Å²) in [5, 5.41) is 0. The molecule has 4 N–H and O–H groups in total. The Bertz CT molecular complexity index is 611. The fourth-order valence-corrected chi connectivity index (χ4v) is 1.90. The summed E-state index contributed by atoms with van der Waals surface area (Å²) >= 11 is 0. The fourth-order valence-electron chi connectivity index (χ4n) is 1.42. The van der Waals surface area contributed by atoms with Crippen LogP contribution >= 0.6 is 0 Å². The Morgan fingerprint density at radius 2 is 1.60 bits per heavy atom. The lowest BCUT2D eigenvalue weighted by Gasteiger charge is -1.95. The minimum atomic E-state index is -4.02. The highest BCUT2D eigenvalue weighted by atomic mass is 32.2. The van der Waals surface area contributed by atoms with E-state index >= 15 is 0 Å². The number of nitrogens with two attached hydrogens (primary N) is 1. The molecule has 20 heavy (non-hydrogen) atoms. The third-order valence-electron chi connectivity index (χ3n) is 2.47. The Kier molecular flexibility index (Phi) is 6.33. The minimum absolute atomic E-state index is 0.0666. The lowest BCUT2D eigenvalue weighted by Crippen LogP contribution is -2.20. The minimum Gasteiger partial charge on any atom is -0.282 e. The molecule has 0 aliphatic heterocycles. The second kappa shape index (κ2) is 7.76. The molecule has 0 bridgehead atoms. The normalized spacial score (nSPS) is 10.6. The molecule has 5 nitrogen and oxygen atoms in total. The number of hydrogen-bond acceptors (Lipinski definition) is 4. The van der Waals surface area contributed by atoms with Crippen LogP contribution < -0.4 is 11.3 Å². The monoisotopic (exact) mass is 294 g/mol. The topological polar surface area (TPSA) is 92.4 Å². The molecule has 2 aromatic rings. The Balaban J connectivity index is 0.000000204. The van der Waals surface area contributed by atoms with Crippen LogP contribution in [0.25, 0.3) is 0 Å². The van der Waals surface area contributed by atoms with Gasteiger partial charge >= 0.3 is 0 Å². The first-order valence-corrected chi connectivity index (χ1v) is 7.39. The van der Waals surface area contributed by atoms with Crippen molar-refractivity contribution in [2.75, 3.05) is 0 Å². The van der Waals surface area contributed by atoms with Crippen LogP contribution in [0, 0.1) is 6.92 Å². The number of aryl methyl sites for hydroxylation is 1. The predicted molar refractivity (Wildman–Crippen MR) is 78.5 cm³/mol. The van der Waals surface area contributed by atoms with Crippen LogP contribution in [-0.4, -0.2) is 13.0 Å². The highest BCUT2D eigenvalue weighted by Crippen LogP contribution is 2.08. The molecule has 0 aromatic heterocycles. The van der Waals surface area contributed by atoms with E-state index in [1.165, 1.54) is 17.7 Å². The van der Waals surface area contributed by atoms with Gasteiger partial charge in [-0.1, -0.05) is 48.0 Å². The number of hydrazine groups is 1. The number of hydrogen-bond donors (Lipinski definition) is 3. The van der Waals surface area contributed by atoms with Gasteiger partial charge in [-0.05, 0) is 24.6 Å². The highest BCUT2D eigenvalue weighted by Gasteiger charge is 2.06. The van der Waals surface area contributed by atoms with Gasteiger partial charge in [-0.3, -0.25) is 15.8 Å². The molecule has 0 spiro atoms. The zero-order valence-corrected chi connectivity index (χ0v) is 12.0. The van der Waals surface area contributed by atoms with Crippen LogP contribution in [0.5, 0.6) is 0 Å². The first-order chi connectivity index (χ1) is 9.43. The molecule has 0 aliphatic rings. The molecule has 0 heterocycles. The van der Waals surface area contributed by atoms with Crippen molar-refractivity contribution in [1.29, 1.82) is 0 Å². The molecule has 2 aromatic carbocycles. The van der Waals surface area contributed by atoms with Gasteiger partial charge in [-0.25, -0.2) is 0 Å². The zero-order chi connectivity index (χ0) is 15.0. The second-order valence-corrected chi connectivity index (χ2v) is 5.58. The molecule has 0 amide bonds. The lowest BCUT2D eigenvalue weighted by atomic mass is 10.2. The van der Waals surface area contributed by atoms with Crippen LogP contribution in [0.3, 0.4) is 0 Å². The SMILES string of the molecule is Cc1ccc(S(=O)(=O)O)cc1.NNCc1ccccc1. The van der Waals surface area contributed by atoms with E-state index in [9.17, 15) is 8.42 Å². The molecular formula is C14H18N2O3S. The maximum Gasteiger partial charge on any atom is 0.294 e. The van der Waals surface area contributed by atoms with Crippen molar-refractivity contribution in [3.8, 4) is 0 Å². The van der Waals surface area contributed by atoms with Crippen molar-refractivity contribution in [2.45, 2.75) is 18.4 Å². The summed E-state index contributed by atoms with van der Waals surface area (Å²) in [7, 11) is -4.02. The van der Waals surface area contributed by atoms with Gasteiger partial charge in [0.15, 0.2) is 0 Å². The van der Waals surface area contributed by atoms with E-state index < -0.39 is 10.1 Å². The van der Waals surface area contributed by atoms with Gasteiger partial charge in [0, 0.05) is 6.54 Å².